The van der Waals surface area contributed by atoms with Crippen LogP contribution in [0.15, 0.2) is 30.5 Å². The van der Waals surface area contributed by atoms with Crippen LogP contribution in [0, 0.1) is 0 Å². The molecule has 0 saturated carbocycles. The predicted molar refractivity (Wildman–Crippen MR) is 103 cm³/mol. The van der Waals surface area contributed by atoms with Gasteiger partial charge in [0.05, 0.1) is 10.7 Å². The highest BCUT2D eigenvalue weighted by atomic mass is 35.5. The third-order valence-corrected chi connectivity index (χ3v) is 5.37. The van der Waals surface area contributed by atoms with E-state index < -0.39 is 0 Å². The maximum Gasteiger partial charge on any atom is 0.165 e. The number of phenols is 1. The summed E-state index contributed by atoms with van der Waals surface area (Å²) in [5.74, 6) is 0.780. The maximum absolute atomic E-state index is 10.5. The quantitative estimate of drug-likeness (QED) is 0.890. The lowest BCUT2D eigenvalue weighted by Gasteiger charge is -2.23. The number of halogens is 1. The Morgan fingerprint density at radius 1 is 1.08 bits per heavy atom. The Morgan fingerprint density at radius 2 is 1.88 bits per heavy atom. The van der Waals surface area contributed by atoms with Gasteiger partial charge >= 0.3 is 0 Å². The van der Waals surface area contributed by atoms with Crippen LogP contribution in [0.1, 0.15) is 18.4 Å². The number of phenolic OH excluding ortho intramolecular Hbond substituents is 1. The van der Waals surface area contributed by atoms with E-state index in [0.717, 1.165) is 43.0 Å². The standard InChI is InChI=1S/C20H24ClN3O2/c21-17-3-4-18(22-13-17)15-11-16-14-24(8-7-23-5-1-2-6-23)9-10-26-20(16)19(25)12-15/h3-4,11-13,25H,1-2,5-10,14H2. The summed E-state index contributed by atoms with van der Waals surface area (Å²) in [4.78, 5) is 9.30. The molecule has 1 aromatic carbocycles. The molecular formula is C20H24ClN3O2. The third kappa shape index (κ3) is 3.95. The normalized spacial score (nSPS) is 18.3. The van der Waals surface area contributed by atoms with Gasteiger partial charge in [-0.15, -0.1) is 0 Å². The maximum atomic E-state index is 10.5. The number of pyridine rings is 1. The summed E-state index contributed by atoms with van der Waals surface area (Å²) in [5.41, 5.74) is 2.68. The summed E-state index contributed by atoms with van der Waals surface area (Å²) >= 11 is 5.93. The van der Waals surface area contributed by atoms with Crippen molar-refractivity contribution in [3.8, 4) is 22.8 Å². The van der Waals surface area contributed by atoms with Gasteiger partial charge in [-0.1, -0.05) is 11.6 Å². The van der Waals surface area contributed by atoms with E-state index in [4.69, 9.17) is 16.3 Å². The first-order chi connectivity index (χ1) is 12.7. The number of fused-ring (bicyclic) bond motifs is 1. The molecule has 0 spiro atoms. The molecule has 1 saturated heterocycles. The van der Waals surface area contributed by atoms with Gasteiger partial charge in [-0.3, -0.25) is 9.88 Å². The number of hydrogen-bond acceptors (Lipinski definition) is 5. The van der Waals surface area contributed by atoms with Crippen molar-refractivity contribution in [3.05, 3.63) is 41.0 Å². The van der Waals surface area contributed by atoms with E-state index in [1.807, 2.05) is 12.1 Å². The average molecular weight is 374 g/mol. The minimum Gasteiger partial charge on any atom is -0.504 e. The third-order valence-electron chi connectivity index (χ3n) is 5.15. The molecule has 3 heterocycles. The highest BCUT2D eigenvalue weighted by Gasteiger charge is 2.21. The lowest BCUT2D eigenvalue weighted by Crippen LogP contribution is -2.34. The van der Waals surface area contributed by atoms with Gasteiger partial charge in [0.25, 0.3) is 0 Å². The van der Waals surface area contributed by atoms with Crippen molar-refractivity contribution >= 4 is 11.6 Å². The second kappa shape index (κ2) is 7.82. The van der Waals surface area contributed by atoms with Gasteiger partial charge in [-0.05, 0) is 50.2 Å². The van der Waals surface area contributed by atoms with Crippen LogP contribution < -0.4 is 4.74 Å². The Balaban J connectivity index is 1.54. The van der Waals surface area contributed by atoms with Crippen LogP contribution in [0.4, 0.5) is 0 Å². The fourth-order valence-corrected chi connectivity index (χ4v) is 3.84. The summed E-state index contributed by atoms with van der Waals surface area (Å²) in [6.07, 6.45) is 4.26. The van der Waals surface area contributed by atoms with Gasteiger partial charge in [0, 0.05) is 43.5 Å². The van der Waals surface area contributed by atoms with Crippen LogP contribution in [0.2, 0.25) is 5.02 Å². The van der Waals surface area contributed by atoms with Gasteiger partial charge in [-0.25, -0.2) is 0 Å². The van der Waals surface area contributed by atoms with Crippen molar-refractivity contribution in [1.29, 1.82) is 0 Å². The number of rotatable bonds is 4. The van der Waals surface area contributed by atoms with Crippen molar-refractivity contribution < 1.29 is 9.84 Å². The van der Waals surface area contributed by atoms with Gasteiger partial charge in [-0.2, -0.15) is 0 Å². The molecule has 6 heteroatoms. The van der Waals surface area contributed by atoms with Gasteiger partial charge < -0.3 is 14.7 Å². The van der Waals surface area contributed by atoms with E-state index in [1.54, 1.807) is 12.3 Å². The average Bonchev–Trinajstić information content (AvgIpc) is 3.07. The molecule has 138 valence electrons. The monoisotopic (exact) mass is 373 g/mol. The van der Waals surface area contributed by atoms with Crippen molar-refractivity contribution in [2.45, 2.75) is 19.4 Å². The van der Waals surface area contributed by atoms with Crippen molar-refractivity contribution in [3.63, 3.8) is 0 Å². The van der Waals surface area contributed by atoms with Crippen LogP contribution in [0.5, 0.6) is 11.5 Å². The zero-order valence-corrected chi connectivity index (χ0v) is 15.6. The fourth-order valence-electron chi connectivity index (χ4n) is 3.73. The second-order valence-corrected chi connectivity index (χ2v) is 7.46. The molecule has 1 N–H and O–H groups in total. The summed E-state index contributed by atoms with van der Waals surface area (Å²) in [6.45, 7) is 6.79. The lowest BCUT2D eigenvalue weighted by molar-refractivity contribution is 0.197. The number of ether oxygens (including phenoxy) is 1. The molecule has 0 atom stereocenters. The number of likely N-dealkylation sites (tertiary alicyclic amines) is 1. The molecule has 0 unspecified atom stereocenters. The molecular weight excluding hydrogens is 350 g/mol. The highest BCUT2D eigenvalue weighted by Crippen LogP contribution is 2.37. The van der Waals surface area contributed by atoms with E-state index in [1.165, 1.54) is 25.9 Å². The zero-order chi connectivity index (χ0) is 17.9. The second-order valence-electron chi connectivity index (χ2n) is 7.02. The van der Waals surface area contributed by atoms with Crippen LogP contribution in [0.25, 0.3) is 11.3 Å². The van der Waals surface area contributed by atoms with Gasteiger partial charge in [0.15, 0.2) is 11.5 Å². The molecule has 0 amide bonds. The van der Waals surface area contributed by atoms with Crippen molar-refractivity contribution in [1.82, 2.24) is 14.8 Å². The van der Waals surface area contributed by atoms with Crippen LogP contribution in [-0.2, 0) is 6.54 Å². The molecule has 2 aliphatic rings. The van der Waals surface area contributed by atoms with Crippen LogP contribution in [0.3, 0.4) is 0 Å². The number of hydrogen-bond donors (Lipinski definition) is 1. The van der Waals surface area contributed by atoms with E-state index >= 15 is 0 Å². The number of nitrogens with zero attached hydrogens (tertiary/aromatic N) is 3. The summed E-state index contributed by atoms with van der Waals surface area (Å²) in [5, 5.41) is 11.1. The van der Waals surface area contributed by atoms with E-state index in [-0.39, 0.29) is 5.75 Å². The first-order valence-corrected chi connectivity index (χ1v) is 9.62. The molecule has 2 aromatic rings. The summed E-state index contributed by atoms with van der Waals surface area (Å²) < 4.78 is 5.84. The van der Waals surface area contributed by atoms with E-state index in [0.29, 0.717) is 17.4 Å². The SMILES string of the molecule is Oc1cc(-c2ccc(Cl)cn2)cc2c1OCCN(CCN1CCCC1)C2. The summed E-state index contributed by atoms with van der Waals surface area (Å²) in [6, 6.07) is 7.46. The Kier molecular flexibility index (Phi) is 5.29. The van der Waals surface area contributed by atoms with E-state index in [9.17, 15) is 5.11 Å². The van der Waals surface area contributed by atoms with Gasteiger partial charge in [0.2, 0.25) is 0 Å². The number of aromatic hydroxyl groups is 1. The predicted octanol–water partition coefficient (Wildman–Crippen LogP) is 3.40. The fraction of sp³-hybridized carbons (Fsp3) is 0.450. The molecule has 1 aromatic heterocycles. The van der Waals surface area contributed by atoms with Crippen LogP contribution in [-0.4, -0.2) is 59.2 Å². The Hall–Kier alpha value is -1.82. The van der Waals surface area contributed by atoms with Crippen molar-refractivity contribution in [2.24, 2.45) is 0 Å². The Morgan fingerprint density at radius 3 is 2.65 bits per heavy atom. The largest absolute Gasteiger partial charge is 0.504 e. The molecule has 2 aliphatic heterocycles. The topological polar surface area (TPSA) is 48.8 Å². The number of benzene rings is 1. The first kappa shape index (κ1) is 17.6. The van der Waals surface area contributed by atoms with Crippen LogP contribution >= 0.6 is 11.6 Å². The summed E-state index contributed by atoms with van der Waals surface area (Å²) in [7, 11) is 0. The highest BCUT2D eigenvalue weighted by molar-refractivity contribution is 6.30. The van der Waals surface area contributed by atoms with Crippen molar-refractivity contribution in [2.75, 3.05) is 39.3 Å². The molecule has 1 fully saturated rings. The minimum atomic E-state index is 0.177. The first-order valence-electron chi connectivity index (χ1n) is 9.24. The smallest absolute Gasteiger partial charge is 0.165 e. The molecule has 5 nitrogen and oxygen atoms in total. The zero-order valence-electron chi connectivity index (χ0n) is 14.8. The minimum absolute atomic E-state index is 0.177. The van der Waals surface area contributed by atoms with E-state index in [2.05, 4.69) is 20.9 Å². The molecule has 4 rings (SSSR count). The molecule has 0 radical (unpaired) electrons. The Labute approximate surface area is 159 Å². The molecule has 0 aliphatic carbocycles. The lowest BCUT2D eigenvalue weighted by atomic mass is 10.0. The number of aromatic nitrogens is 1. The molecule has 0 bridgehead atoms. The Bertz CT molecular complexity index is 760. The van der Waals surface area contributed by atoms with Gasteiger partial charge in [0.1, 0.15) is 6.61 Å². The molecule has 26 heavy (non-hydrogen) atoms.